The van der Waals surface area contributed by atoms with Crippen molar-refractivity contribution in [1.82, 2.24) is 4.57 Å². The number of hydrogen-bond donors (Lipinski definition) is 0. The molecule has 6 heteroatoms. The summed E-state index contributed by atoms with van der Waals surface area (Å²) in [5.41, 5.74) is 3.42. The number of fused-ring (bicyclic) bond motifs is 1. The Morgan fingerprint density at radius 3 is 2.35 bits per heavy atom. The molecule has 0 amide bonds. The summed E-state index contributed by atoms with van der Waals surface area (Å²) in [6, 6.07) is 22.7. The van der Waals surface area contributed by atoms with Gasteiger partial charge in [0.2, 0.25) is 0 Å². The Bertz CT molecular complexity index is 1220. The number of aromatic nitrogens is 2. The molecule has 4 aromatic rings. The largest absolute Gasteiger partial charge is 1.00 e. The first-order valence-corrected chi connectivity index (χ1v) is 13.0. The Kier molecular flexibility index (Phi) is 11.9. The monoisotopic (exact) mass is 612 g/mol. The van der Waals surface area contributed by atoms with Gasteiger partial charge in [0.15, 0.2) is 12.4 Å². The number of carbonyl (C=O) groups excluding carboxylic acids is 1. The van der Waals surface area contributed by atoms with Crippen molar-refractivity contribution in [3.63, 3.8) is 0 Å². The van der Waals surface area contributed by atoms with Crippen LogP contribution in [0.2, 0.25) is 0 Å². The Morgan fingerprint density at radius 1 is 0.838 bits per heavy atom. The maximum absolute atomic E-state index is 11.9. The highest BCUT2D eigenvalue weighted by Gasteiger charge is 2.06. The molecule has 2 heterocycles. The van der Waals surface area contributed by atoms with Crippen LogP contribution in [0.15, 0.2) is 85.3 Å². The van der Waals surface area contributed by atoms with Gasteiger partial charge < -0.3 is 38.0 Å². The average Bonchev–Trinajstić information content (AvgIpc) is 3.30. The van der Waals surface area contributed by atoms with E-state index in [2.05, 4.69) is 47.2 Å². The number of hydrogen-bond acceptors (Lipinski definition) is 3. The molecule has 2 aromatic carbocycles. The zero-order valence-corrected chi connectivity index (χ0v) is 23.8. The minimum Gasteiger partial charge on any atom is -1.00 e. The number of unbranched alkanes of at least 4 members (excludes halogenated alkanes) is 5. The molecule has 0 N–H and O–H groups in total. The van der Waals surface area contributed by atoms with Gasteiger partial charge in [-0.1, -0.05) is 56.0 Å². The van der Waals surface area contributed by atoms with E-state index in [-0.39, 0.29) is 29.9 Å². The smallest absolute Gasteiger partial charge is 0.310 e. The molecule has 0 saturated carbocycles. The number of halogens is 1. The lowest BCUT2D eigenvalue weighted by atomic mass is 10.1. The van der Waals surface area contributed by atoms with Gasteiger partial charge in [0.1, 0.15) is 19.4 Å². The minimum absolute atomic E-state index is 0. The highest BCUT2D eigenvalue weighted by molar-refractivity contribution is 5.81. The lowest BCUT2D eigenvalue weighted by molar-refractivity contribution is -0.671. The number of benzene rings is 2. The van der Waals surface area contributed by atoms with Gasteiger partial charge >= 0.3 is 5.97 Å². The SMILES string of the molecule is C[n+]1ccc(CC(=O)OCCCCCCCCn2ccc3cc(OCc4ccccc4)ccc32)cc1.[I-]. The van der Waals surface area contributed by atoms with Gasteiger partial charge in [-0.15, -0.1) is 0 Å². The fourth-order valence-corrected chi connectivity index (χ4v) is 4.35. The summed E-state index contributed by atoms with van der Waals surface area (Å²) in [4.78, 5) is 11.9. The van der Waals surface area contributed by atoms with Gasteiger partial charge in [-0.05, 0) is 48.2 Å². The fraction of sp³-hybridized carbons (Fsp3) is 0.355. The van der Waals surface area contributed by atoms with Crippen molar-refractivity contribution in [2.45, 2.75) is 58.1 Å². The summed E-state index contributed by atoms with van der Waals surface area (Å²) in [6.45, 7) is 2.14. The summed E-state index contributed by atoms with van der Waals surface area (Å²) >= 11 is 0. The molecule has 0 aliphatic rings. The molecular formula is C31H37IN2O3. The highest BCUT2D eigenvalue weighted by Crippen LogP contribution is 2.23. The van der Waals surface area contributed by atoms with Crippen molar-refractivity contribution in [1.29, 1.82) is 0 Å². The van der Waals surface area contributed by atoms with Crippen molar-refractivity contribution < 1.29 is 42.8 Å². The number of pyridine rings is 1. The van der Waals surface area contributed by atoms with E-state index in [1.807, 2.05) is 54.3 Å². The van der Waals surface area contributed by atoms with E-state index >= 15 is 0 Å². The van der Waals surface area contributed by atoms with Crippen LogP contribution >= 0.6 is 0 Å². The number of carbonyl (C=O) groups is 1. The van der Waals surface area contributed by atoms with Gasteiger partial charge in [-0.3, -0.25) is 4.79 Å². The number of ether oxygens (including phenoxy) is 2. The Hall–Kier alpha value is -2.87. The molecule has 0 saturated heterocycles. The van der Waals surface area contributed by atoms with Crippen molar-refractivity contribution in [2.75, 3.05) is 6.61 Å². The lowest BCUT2D eigenvalue weighted by Gasteiger charge is -2.08. The number of nitrogens with zero attached hydrogens (tertiary/aromatic N) is 2. The predicted molar refractivity (Wildman–Crippen MR) is 143 cm³/mol. The van der Waals surface area contributed by atoms with Crippen LogP contribution in [-0.2, 0) is 36.2 Å². The van der Waals surface area contributed by atoms with Gasteiger partial charge in [-0.25, -0.2) is 4.57 Å². The van der Waals surface area contributed by atoms with Gasteiger partial charge in [0.05, 0.1) is 13.0 Å². The van der Waals surface area contributed by atoms with E-state index < -0.39 is 0 Å². The first kappa shape index (κ1) is 28.7. The molecule has 0 atom stereocenters. The maximum Gasteiger partial charge on any atom is 0.310 e. The second-order valence-electron chi connectivity index (χ2n) is 9.39. The molecule has 196 valence electrons. The molecule has 0 spiro atoms. The highest BCUT2D eigenvalue weighted by atomic mass is 127. The van der Waals surface area contributed by atoms with Gasteiger partial charge in [0.25, 0.3) is 0 Å². The Morgan fingerprint density at radius 2 is 1.57 bits per heavy atom. The van der Waals surface area contributed by atoms with Crippen molar-refractivity contribution in [2.24, 2.45) is 7.05 Å². The van der Waals surface area contributed by atoms with E-state index in [4.69, 9.17) is 9.47 Å². The van der Waals surface area contributed by atoms with Crippen LogP contribution in [0.1, 0.15) is 49.7 Å². The molecule has 37 heavy (non-hydrogen) atoms. The summed E-state index contributed by atoms with van der Waals surface area (Å²) in [7, 11) is 1.96. The van der Waals surface area contributed by atoms with Crippen LogP contribution in [0.4, 0.5) is 0 Å². The minimum atomic E-state index is -0.141. The van der Waals surface area contributed by atoms with E-state index in [9.17, 15) is 4.79 Å². The van der Waals surface area contributed by atoms with Crippen molar-refractivity contribution >= 4 is 16.9 Å². The third-order valence-electron chi connectivity index (χ3n) is 6.44. The van der Waals surface area contributed by atoms with E-state index in [1.165, 1.54) is 42.1 Å². The molecule has 0 aliphatic heterocycles. The molecule has 4 rings (SSSR count). The fourth-order valence-electron chi connectivity index (χ4n) is 4.35. The normalized spacial score (nSPS) is 10.7. The zero-order valence-electron chi connectivity index (χ0n) is 21.7. The Labute approximate surface area is 237 Å². The topological polar surface area (TPSA) is 44.3 Å². The van der Waals surface area contributed by atoms with Crippen LogP contribution in [0.3, 0.4) is 0 Å². The van der Waals surface area contributed by atoms with E-state index in [0.717, 1.165) is 30.7 Å². The van der Waals surface area contributed by atoms with Crippen LogP contribution in [0.5, 0.6) is 5.75 Å². The summed E-state index contributed by atoms with van der Waals surface area (Å²) < 4.78 is 15.6. The van der Waals surface area contributed by atoms with E-state index in [0.29, 0.717) is 19.6 Å². The molecule has 0 bridgehead atoms. The summed E-state index contributed by atoms with van der Waals surface area (Å²) in [6.07, 6.45) is 13.2. The quantitative estimate of drug-likeness (QED) is 0.0952. The molecule has 0 fully saturated rings. The lowest BCUT2D eigenvalue weighted by Crippen LogP contribution is -3.00. The zero-order chi connectivity index (χ0) is 25.0. The van der Waals surface area contributed by atoms with Crippen LogP contribution in [0, 0.1) is 0 Å². The van der Waals surface area contributed by atoms with E-state index in [1.54, 1.807) is 0 Å². The number of esters is 1. The van der Waals surface area contributed by atoms with Crippen molar-refractivity contribution in [3.05, 3.63) is 96.4 Å². The molecule has 0 radical (unpaired) electrons. The third-order valence-corrected chi connectivity index (χ3v) is 6.44. The van der Waals surface area contributed by atoms with Crippen molar-refractivity contribution in [3.8, 4) is 5.75 Å². The van der Waals surface area contributed by atoms with Crippen LogP contribution in [0.25, 0.3) is 10.9 Å². The molecule has 0 aliphatic carbocycles. The Balaban J connectivity index is 0.00000380. The first-order valence-electron chi connectivity index (χ1n) is 13.0. The van der Waals surface area contributed by atoms with Crippen LogP contribution < -0.4 is 33.3 Å². The summed E-state index contributed by atoms with van der Waals surface area (Å²) in [5.74, 6) is 0.765. The third kappa shape index (κ3) is 9.50. The predicted octanol–water partition coefficient (Wildman–Crippen LogP) is 3.18. The standard InChI is InChI=1S/C31H37N2O3.HI/c1-32-19-15-26(16-20-32)23-31(34)35-22-10-5-3-2-4-9-18-33-21-17-28-24-29(13-14-30(28)33)36-25-27-11-7-6-8-12-27;/h6-8,11-17,19-21,24H,2-5,9-10,18,22-23,25H2,1H3;1H/q+1;/p-1. The molecule has 5 nitrogen and oxygen atoms in total. The van der Waals surface area contributed by atoms with Gasteiger partial charge in [0, 0.05) is 35.8 Å². The number of aryl methyl sites for hydroxylation is 2. The van der Waals surface area contributed by atoms with Crippen LogP contribution in [-0.4, -0.2) is 17.1 Å². The first-order chi connectivity index (χ1) is 17.7. The maximum atomic E-state index is 11.9. The summed E-state index contributed by atoms with van der Waals surface area (Å²) in [5, 5.41) is 1.22. The molecule has 0 unspecified atom stereocenters. The average molecular weight is 613 g/mol. The molecule has 2 aromatic heterocycles. The molecular weight excluding hydrogens is 575 g/mol. The van der Waals surface area contributed by atoms with Gasteiger partial charge in [-0.2, -0.15) is 0 Å². The number of rotatable bonds is 14. The second-order valence-corrected chi connectivity index (χ2v) is 9.39. The second kappa shape index (κ2) is 15.4.